The molecule has 5 nitrogen and oxygen atoms in total. The highest BCUT2D eigenvalue weighted by molar-refractivity contribution is 6.14. The van der Waals surface area contributed by atoms with Gasteiger partial charge in [0.05, 0.1) is 0 Å². The summed E-state index contributed by atoms with van der Waals surface area (Å²) in [4.78, 5) is 20.6. The molecule has 19 heavy (non-hydrogen) atoms. The highest BCUT2D eigenvalue weighted by atomic mass is 16.4. The highest BCUT2D eigenvalue weighted by Gasteiger charge is 1.97. The van der Waals surface area contributed by atoms with Gasteiger partial charge < -0.3 is 14.9 Å². The average molecular weight is 264 g/mol. The molecule has 0 saturated carbocycles. The standard InChI is InChI=1S/C6H6O2.C6H4O2.C2H6O/c2*7-5-1-2-6(8)4-3-5;1-3-2/h1-4,7-8H;1-4H;1-2H3. The first-order valence-corrected chi connectivity index (χ1v) is 5.31. The van der Waals surface area contributed by atoms with E-state index in [1.165, 1.54) is 48.6 Å². The maximum Gasteiger partial charge on any atom is 0.178 e. The van der Waals surface area contributed by atoms with Crippen LogP contribution in [0.3, 0.4) is 0 Å². The number of methoxy groups -OCH3 is 1. The van der Waals surface area contributed by atoms with Crippen molar-refractivity contribution in [3.8, 4) is 11.5 Å². The fourth-order valence-corrected chi connectivity index (χ4v) is 0.892. The van der Waals surface area contributed by atoms with Crippen molar-refractivity contribution in [1.82, 2.24) is 0 Å². The first-order valence-electron chi connectivity index (χ1n) is 5.31. The van der Waals surface area contributed by atoms with Gasteiger partial charge >= 0.3 is 0 Å². The lowest BCUT2D eigenvalue weighted by Gasteiger charge is -1.88. The summed E-state index contributed by atoms with van der Waals surface area (Å²) < 4.78 is 4.25. The SMILES string of the molecule is COC.O=C1C=CC(=O)C=C1.Oc1ccc(O)cc1. The van der Waals surface area contributed by atoms with Crippen LogP contribution in [0.4, 0.5) is 0 Å². The minimum atomic E-state index is -0.121. The zero-order valence-corrected chi connectivity index (χ0v) is 10.7. The van der Waals surface area contributed by atoms with Crippen LogP contribution in [-0.2, 0) is 14.3 Å². The second-order valence-electron chi connectivity index (χ2n) is 3.40. The molecule has 0 unspecified atom stereocenters. The predicted molar refractivity (Wildman–Crippen MR) is 71.0 cm³/mol. The topological polar surface area (TPSA) is 83.8 Å². The van der Waals surface area contributed by atoms with Crippen LogP contribution >= 0.6 is 0 Å². The second kappa shape index (κ2) is 9.61. The molecule has 0 saturated heterocycles. The largest absolute Gasteiger partial charge is 0.508 e. The van der Waals surface area contributed by atoms with Crippen molar-refractivity contribution in [2.75, 3.05) is 14.2 Å². The Morgan fingerprint density at radius 3 is 1.16 bits per heavy atom. The number of hydrogen-bond acceptors (Lipinski definition) is 5. The molecule has 0 fully saturated rings. The summed E-state index contributed by atoms with van der Waals surface area (Å²) in [5, 5.41) is 17.3. The van der Waals surface area contributed by atoms with Gasteiger partial charge in [-0.3, -0.25) is 9.59 Å². The highest BCUT2D eigenvalue weighted by Crippen LogP contribution is 2.13. The molecule has 0 aromatic heterocycles. The first kappa shape index (κ1) is 16.6. The van der Waals surface area contributed by atoms with Gasteiger partial charge in [0.2, 0.25) is 0 Å². The van der Waals surface area contributed by atoms with Gasteiger partial charge in [-0.1, -0.05) is 0 Å². The lowest BCUT2D eigenvalue weighted by molar-refractivity contribution is -0.113. The minimum absolute atomic E-state index is 0.121. The predicted octanol–water partition coefficient (Wildman–Crippen LogP) is 1.61. The van der Waals surface area contributed by atoms with E-state index in [4.69, 9.17) is 10.2 Å². The number of hydrogen-bond donors (Lipinski definition) is 2. The number of allylic oxidation sites excluding steroid dienone is 4. The summed E-state index contributed by atoms with van der Waals surface area (Å²) in [7, 11) is 3.25. The number of phenolic OH excluding ortho intramolecular Hbond substituents is 2. The Bertz CT molecular complexity index is 398. The molecule has 1 aromatic carbocycles. The molecule has 5 heteroatoms. The van der Waals surface area contributed by atoms with Crippen molar-refractivity contribution in [3.05, 3.63) is 48.6 Å². The normalized spacial score (nSPS) is 12.1. The summed E-state index contributed by atoms with van der Waals surface area (Å²) in [5.74, 6) is 0.0970. The zero-order valence-electron chi connectivity index (χ0n) is 10.7. The minimum Gasteiger partial charge on any atom is -0.508 e. The van der Waals surface area contributed by atoms with Gasteiger partial charge in [0.1, 0.15) is 11.5 Å². The van der Waals surface area contributed by atoms with E-state index in [0.29, 0.717) is 0 Å². The van der Waals surface area contributed by atoms with Crippen molar-refractivity contribution in [2.24, 2.45) is 0 Å². The molecule has 0 heterocycles. The van der Waals surface area contributed by atoms with Crippen molar-refractivity contribution >= 4 is 11.6 Å². The zero-order chi connectivity index (χ0) is 14.7. The molecular formula is C14H16O5. The van der Waals surface area contributed by atoms with E-state index in [1.54, 1.807) is 14.2 Å². The monoisotopic (exact) mass is 264 g/mol. The third-order valence-corrected chi connectivity index (χ3v) is 1.67. The van der Waals surface area contributed by atoms with Crippen LogP contribution in [-0.4, -0.2) is 36.0 Å². The Labute approximate surface area is 111 Å². The van der Waals surface area contributed by atoms with E-state index in [1.807, 2.05) is 0 Å². The molecule has 1 aromatic rings. The third kappa shape index (κ3) is 9.31. The van der Waals surface area contributed by atoms with Crippen LogP contribution in [0.1, 0.15) is 0 Å². The van der Waals surface area contributed by atoms with Crippen LogP contribution in [0.25, 0.3) is 0 Å². The molecule has 102 valence electrons. The molecule has 0 radical (unpaired) electrons. The van der Waals surface area contributed by atoms with Gasteiger partial charge in [0.15, 0.2) is 11.6 Å². The number of ketones is 2. The van der Waals surface area contributed by atoms with Crippen LogP contribution in [0.5, 0.6) is 11.5 Å². The summed E-state index contributed by atoms with van der Waals surface area (Å²) in [6.45, 7) is 0. The maximum absolute atomic E-state index is 10.3. The van der Waals surface area contributed by atoms with Gasteiger partial charge in [-0.05, 0) is 48.6 Å². The van der Waals surface area contributed by atoms with Crippen molar-refractivity contribution in [3.63, 3.8) is 0 Å². The van der Waals surface area contributed by atoms with Crippen molar-refractivity contribution in [1.29, 1.82) is 0 Å². The molecule has 2 N–H and O–H groups in total. The number of rotatable bonds is 0. The number of aromatic hydroxyl groups is 2. The van der Waals surface area contributed by atoms with Gasteiger partial charge in [-0.25, -0.2) is 0 Å². The number of ether oxygens (including phenoxy) is 1. The number of benzene rings is 1. The third-order valence-electron chi connectivity index (χ3n) is 1.67. The first-order chi connectivity index (χ1) is 8.99. The number of carbonyl (C=O) groups is 2. The summed E-state index contributed by atoms with van der Waals surface area (Å²) >= 11 is 0. The van der Waals surface area contributed by atoms with E-state index in [-0.39, 0.29) is 23.1 Å². The summed E-state index contributed by atoms with van der Waals surface area (Å²) in [6, 6.07) is 5.70. The lowest BCUT2D eigenvalue weighted by atomic mass is 10.2. The Balaban J connectivity index is 0.000000284. The molecular weight excluding hydrogens is 248 g/mol. The number of phenols is 2. The fraction of sp³-hybridized carbons (Fsp3) is 0.143. The van der Waals surface area contributed by atoms with Crippen molar-refractivity contribution < 1.29 is 24.5 Å². The molecule has 1 aliphatic rings. The van der Waals surface area contributed by atoms with E-state index >= 15 is 0 Å². The van der Waals surface area contributed by atoms with E-state index in [0.717, 1.165) is 0 Å². The van der Waals surface area contributed by atoms with E-state index in [9.17, 15) is 9.59 Å². The summed E-state index contributed by atoms with van der Waals surface area (Å²) in [5.41, 5.74) is 0. The smallest absolute Gasteiger partial charge is 0.178 e. The number of carbonyl (C=O) groups excluding carboxylic acids is 2. The quantitative estimate of drug-likeness (QED) is 0.549. The Hall–Kier alpha value is -2.40. The Morgan fingerprint density at radius 1 is 0.737 bits per heavy atom. The van der Waals surface area contributed by atoms with Crippen molar-refractivity contribution in [2.45, 2.75) is 0 Å². The van der Waals surface area contributed by atoms with Gasteiger partial charge in [-0.15, -0.1) is 0 Å². The van der Waals surface area contributed by atoms with Crippen LogP contribution < -0.4 is 0 Å². The van der Waals surface area contributed by atoms with E-state index in [2.05, 4.69) is 4.74 Å². The Kier molecular flexibility index (Phi) is 8.40. The molecule has 0 aliphatic heterocycles. The second-order valence-corrected chi connectivity index (χ2v) is 3.40. The van der Waals surface area contributed by atoms with Crippen LogP contribution in [0, 0.1) is 0 Å². The fourth-order valence-electron chi connectivity index (χ4n) is 0.892. The Morgan fingerprint density at radius 2 is 0.947 bits per heavy atom. The molecule has 2 rings (SSSR count). The summed E-state index contributed by atoms with van der Waals surface area (Å²) in [6.07, 6.45) is 5.01. The van der Waals surface area contributed by atoms with Gasteiger partial charge in [0, 0.05) is 14.2 Å². The maximum atomic E-state index is 10.3. The molecule has 1 aliphatic carbocycles. The average Bonchev–Trinajstić information content (AvgIpc) is 2.38. The molecule has 0 amide bonds. The van der Waals surface area contributed by atoms with Crippen LogP contribution in [0.15, 0.2) is 48.6 Å². The van der Waals surface area contributed by atoms with E-state index < -0.39 is 0 Å². The molecule has 0 spiro atoms. The van der Waals surface area contributed by atoms with Gasteiger partial charge in [-0.2, -0.15) is 0 Å². The lowest BCUT2D eigenvalue weighted by Crippen LogP contribution is -1.97. The molecule has 0 atom stereocenters. The van der Waals surface area contributed by atoms with Crippen LogP contribution in [0.2, 0.25) is 0 Å². The van der Waals surface area contributed by atoms with Gasteiger partial charge in [0.25, 0.3) is 0 Å². The molecule has 0 bridgehead atoms.